The average Bonchev–Trinajstić information content (AvgIpc) is 3.29. The van der Waals surface area contributed by atoms with Crippen LogP contribution in [0, 0.1) is 12.3 Å². The number of carbonyl (C=O) groups excluding carboxylic acids is 2. The molecule has 2 aliphatic heterocycles. The number of halogens is 1. The van der Waals surface area contributed by atoms with Crippen molar-refractivity contribution >= 4 is 41.2 Å². The van der Waals surface area contributed by atoms with Gasteiger partial charge in [-0.1, -0.05) is 11.6 Å². The Morgan fingerprint density at radius 3 is 2.56 bits per heavy atom. The number of likely N-dealkylation sites (N-methyl/N-ethyl adjacent to an activating group) is 1. The minimum absolute atomic E-state index is 0.155. The maximum absolute atomic E-state index is 12.6. The second-order valence-corrected chi connectivity index (χ2v) is 9.47. The number of anilines is 1. The van der Waals surface area contributed by atoms with Crippen LogP contribution in [-0.4, -0.2) is 57.3 Å². The maximum atomic E-state index is 12.6. The van der Waals surface area contributed by atoms with Crippen LogP contribution in [-0.2, 0) is 17.1 Å². The van der Waals surface area contributed by atoms with Gasteiger partial charge in [0.15, 0.2) is 0 Å². The third kappa shape index (κ3) is 4.43. The van der Waals surface area contributed by atoms with Crippen molar-refractivity contribution < 1.29 is 9.59 Å². The van der Waals surface area contributed by atoms with Crippen molar-refractivity contribution in [1.82, 2.24) is 25.0 Å². The lowest BCUT2D eigenvalue weighted by molar-refractivity contribution is -0.131. The summed E-state index contributed by atoms with van der Waals surface area (Å²) in [6, 6.07) is 7.39. The highest BCUT2D eigenvalue weighted by Crippen LogP contribution is 2.32. The number of hydrogen-bond donors (Lipinski definition) is 1. The van der Waals surface area contributed by atoms with Gasteiger partial charge in [-0.25, -0.2) is 4.79 Å². The molecule has 0 radical (unpaired) electrons. The Kier molecular flexibility index (Phi) is 6.63. The molecule has 1 aromatic carbocycles. The molecule has 2 aliphatic rings. The lowest BCUT2D eigenvalue weighted by atomic mass is 9.87. The summed E-state index contributed by atoms with van der Waals surface area (Å²) >= 11 is 7.65. The standard InChI is InChI=1S/C22H25ClN6O2S/c1-3-4-5-12-29-18(15-32-17-8-6-16(23)7-9-17)25-26-20(29)28-13-10-22(11-14-28)19(30)27(2)21(31)24-22/h1,6-9H,4-5,10-15H2,2H3,(H,24,31). The molecule has 2 fully saturated rings. The highest BCUT2D eigenvalue weighted by molar-refractivity contribution is 7.98. The molecular formula is C22H25ClN6O2S. The molecule has 0 aliphatic carbocycles. The molecular weight excluding hydrogens is 448 g/mol. The summed E-state index contributed by atoms with van der Waals surface area (Å²) < 4.78 is 2.12. The zero-order valence-corrected chi connectivity index (χ0v) is 19.5. The van der Waals surface area contributed by atoms with Crippen LogP contribution in [0.4, 0.5) is 10.7 Å². The number of carbonyl (C=O) groups is 2. The van der Waals surface area contributed by atoms with E-state index in [1.165, 1.54) is 11.9 Å². The number of nitrogens with zero attached hydrogens (tertiary/aromatic N) is 5. The quantitative estimate of drug-likeness (QED) is 0.288. The summed E-state index contributed by atoms with van der Waals surface area (Å²) in [5.41, 5.74) is -0.802. The summed E-state index contributed by atoms with van der Waals surface area (Å²) in [5.74, 6) is 4.87. The third-order valence-corrected chi connectivity index (χ3v) is 7.22. The minimum Gasteiger partial charge on any atom is -0.341 e. The Bertz CT molecular complexity index is 1040. The van der Waals surface area contributed by atoms with Gasteiger partial charge in [0, 0.05) is 43.0 Å². The largest absolute Gasteiger partial charge is 0.341 e. The van der Waals surface area contributed by atoms with E-state index in [-0.39, 0.29) is 11.9 Å². The van der Waals surface area contributed by atoms with Crippen LogP contribution in [0.15, 0.2) is 29.2 Å². The number of hydrogen-bond acceptors (Lipinski definition) is 6. The molecule has 2 saturated heterocycles. The molecule has 8 nitrogen and oxygen atoms in total. The average molecular weight is 473 g/mol. The predicted molar refractivity (Wildman–Crippen MR) is 125 cm³/mol. The van der Waals surface area contributed by atoms with E-state index in [0.717, 1.165) is 29.6 Å². The van der Waals surface area contributed by atoms with Crippen LogP contribution >= 0.6 is 23.4 Å². The van der Waals surface area contributed by atoms with Gasteiger partial charge in [0.1, 0.15) is 11.4 Å². The molecule has 2 aromatic rings. The first-order chi connectivity index (χ1) is 15.4. The molecule has 3 heterocycles. The number of imide groups is 1. The monoisotopic (exact) mass is 472 g/mol. The van der Waals surface area contributed by atoms with Crippen LogP contribution in [0.3, 0.4) is 0 Å². The molecule has 1 N–H and O–H groups in total. The Morgan fingerprint density at radius 1 is 1.22 bits per heavy atom. The summed E-state index contributed by atoms with van der Waals surface area (Å²) in [4.78, 5) is 28.9. The van der Waals surface area contributed by atoms with E-state index in [4.69, 9.17) is 18.0 Å². The predicted octanol–water partition coefficient (Wildman–Crippen LogP) is 3.16. The smallest absolute Gasteiger partial charge is 0.324 e. The van der Waals surface area contributed by atoms with Crippen molar-refractivity contribution in [2.75, 3.05) is 25.0 Å². The van der Waals surface area contributed by atoms with Crippen LogP contribution < -0.4 is 10.2 Å². The normalized spacial score (nSPS) is 17.7. The molecule has 168 valence electrons. The van der Waals surface area contributed by atoms with E-state index in [0.29, 0.717) is 43.1 Å². The molecule has 0 unspecified atom stereocenters. The number of terminal acetylenes is 1. The van der Waals surface area contributed by atoms with Crippen molar-refractivity contribution in [3.63, 3.8) is 0 Å². The van der Waals surface area contributed by atoms with E-state index in [9.17, 15) is 9.59 Å². The van der Waals surface area contributed by atoms with Crippen molar-refractivity contribution in [3.05, 3.63) is 35.1 Å². The number of piperidine rings is 1. The van der Waals surface area contributed by atoms with Crippen LogP contribution in [0.1, 0.15) is 31.5 Å². The molecule has 0 atom stereocenters. The molecule has 3 amide bonds. The number of amides is 3. The van der Waals surface area contributed by atoms with Gasteiger partial charge >= 0.3 is 6.03 Å². The topological polar surface area (TPSA) is 83.4 Å². The highest BCUT2D eigenvalue weighted by atomic mass is 35.5. The van der Waals surface area contributed by atoms with Gasteiger partial charge in [-0.15, -0.1) is 34.3 Å². The number of benzene rings is 1. The van der Waals surface area contributed by atoms with E-state index >= 15 is 0 Å². The van der Waals surface area contributed by atoms with Gasteiger partial charge in [-0.2, -0.15) is 0 Å². The van der Waals surface area contributed by atoms with Crippen LogP contribution in [0.25, 0.3) is 0 Å². The van der Waals surface area contributed by atoms with Crippen LogP contribution in [0.5, 0.6) is 0 Å². The van der Waals surface area contributed by atoms with Gasteiger partial charge in [0.25, 0.3) is 5.91 Å². The zero-order chi connectivity index (χ0) is 22.7. The third-order valence-electron chi connectivity index (χ3n) is 5.96. The van der Waals surface area contributed by atoms with E-state index in [2.05, 4.69) is 30.9 Å². The van der Waals surface area contributed by atoms with Crippen molar-refractivity contribution in [3.8, 4) is 12.3 Å². The van der Waals surface area contributed by atoms with E-state index < -0.39 is 5.54 Å². The zero-order valence-electron chi connectivity index (χ0n) is 17.9. The number of nitrogens with one attached hydrogen (secondary N) is 1. The van der Waals surface area contributed by atoms with E-state index in [1.807, 2.05) is 24.3 Å². The highest BCUT2D eigenvalue weighted by Gasteiger charge is 2.51. The van der Waals surface area contributed by atoms with Crippen LogP contribution in [0.2, 0.25) is 5.02 Å². The summed E-state index contributed by atoms with van der Waals surface area (Å²) in [6.07, 6.45) is 8.03. The first-order valence-corrected chi connectivity index (χ1v) is 11.9. The van der Waals surface area contributed by atoms with Crippen molar-refractivity contribution in [2.45, 2.75) is 48.4 Å². The lowest BCUT2D eigenvalue weighted by Crippen LogP contribution is -2.55. The van der Waals surface area contributed by atoms with Gasteiger partial charge < -0.3 is 10.2 Å². The SMILES string of the molecule is C#CCCCn1c(CSc2ccc(Cl)cc2)nnc1N1CCC2(CC1)NC(=O)N(C)C2=O. The van der Waals surface area contributed by atoms with Crippen molar-refractivity contribution in [1.29, 1.82) is 0 Å². The lowest BCUT2D eigenvalue weighted by Gasteiger charge is -2.37. The molecule has 0 saturated carbocycles. The Morgan fingerprint density at radius 2 is 1.94 bits per heavy atom. The fourth-order valence-corrected chi connectivity index (χ4v) is 5.06. The first kappa shape index (κ1) is 22.5. The minimum atomic E-state index is -0.802. The fourth-order valence-electron chi connectivity index (χ4n) is 4.10. The number of urea groups is 1. The first-order valence-electron chi connectivity index (χ1n) is 10.5. The molecule has 10 heteroatoms. The van der Waals surface area contributed by atoms with Crippen molar-refractivity contribution in [2.24, 2.45) is 0 Å². The second kappa shape index (κ2) is 9.43. The molecule has 0 bridgehead atoms. The summed E-state index contributed by atoms with van der Waals surface area (Å²) in [7, 11) is 1.52. The fraction of sp³-hybridized carbons (Fsp3) is 0.455. The summed E-state index contributed by atoms with van der Waals surface area (Å²) in [6.45, 7) is 1.94. The maximum Gasteiger partial charge on any atom is 0.324 e. The van der Waals surface area contributed by atoms with Gasteiger partial charge in [-0.3, -0.25) is 14.3 Å². The van der Waals surface area contributed by atoms with E-state index in [1.54, 1.807) is 11.8 Å². The Hall–Kier alpha value is -2.70. The number of unbranched alkanes of at least 4 members (excludes halogenated alkanes) is 1. The van der Waals surface area contributed by atoms with Gasteiger partial charge in [0.05, 0.1) is 5.75 Å². The Labute approximate surface area is 196 Å². The number of thioether (sulfide) groups is 1. The molecule has 1 aromatic heterocycles. The molecule has 1 spiro atoms. The van der Waals surface area contributed by atoms with Gasteiger partial charge in [0.2, 0.25) is 5.95 Å². The van der Waals surface area contributed by atoms with Gasteiger partial charge in [-0.05, 0) is 43.5 Å². The molecule has 32 heavy (non-hydrogen) atoms. The molecule has 4 rings (SSSR count). The summed E-state index contributed by atoms with van der Waals surface area (Å²) in [5, 5.41) is 12.5. The number of rotatable bonds is 7. The Balaban J connectivity index is 1.48. The second-order valence-electron chi connectivity index (χ2n) is 7.98. The number of aromatic nitrogens is 3.